The Bertz CT molecular complexity index is 337. The fourth-order valence-electron chi connectivity index (χ4n) is 3.26. The average Bonchev–Trinajstić information content (AvgIpc) is 3.06. The highest BCUT2D eigenvalue weighted by Gasteiger charge is 2.58. The number of carbonyl (C=O) groups is 1. The molecule has 0 aromatic heterocycles. The van der Waals surface area contributed by atoms with Crippen molar-refractivity contribution < 1.29 is 9.53 Å². The van der Waals surface area contributed by atoms with E-state index >= 15 is 0 Å². The number of nitrogens with zero attached hydrogens (tertiary/aromatic N) is 2. The van der Waals surface area contributed by atoms with Crippen LogP contribution >= 0.6 is 0 Å². The zero-order valence-corrected chi connectivity index (χ0v) is 11.3. The van der Waals surface area contributed by atoms with Crippen molar-refractivity contribution in [3.05, 3.63) is 0 Å². The van der Waals surface area contributed by atoms with E-state index in [0.717, 1.165) is 45.7 Å². The van der Waals surface area contributed by atoms with Gasteiger partial charge in [-0.3, -0.25) is 15.0 Å². The lowest BCUT2D eigenvalue weighted by Crippen LogP contribution is -2.49. The van der Waals surface area contributed by atoms with E-state index in [4.69, 9.17) is 4.74 Å². The first-order valence-corrected chi connectivity index (χ1v) is 7.03. The second-order valence-corrected chi connectivity index (χ2v) is 5.88. The average molecular weight is 253 g/mol. The summed E-state index contributed by atoms with van der Waals surface area (Å²) in [6, 6.07) is 0.276. The number of rotatable bonds is 3. The molecular formula is C13H23N3O2. The molecular weight excluding hydrogens is 230 g/mol. The molecule has 3 rings (SSSR count). The molecule has 0 aromatic rings. The van der Waals surface area contributed by atoms with Gasteiger partial charge in [0, 0.05) is 25.7 Å². The van der Waals surface area contributed by atoms with Crippen molar-refractivity contribution in [3.63, 3.8) is 0 Å². The van der Waals surface area contributed by atoms with Crippen molar-refractivity contribution in [1.29, 1.82) is 0 Å². The summed E-state index contributed by atoms with van der Waals surface area (Å²) in [6.07, 6.45) is 2.20. The van der Waals surface area contributed by atoms with E-state index in [2.05, 4.69) is 24.1 Å². The Hall–Kier alpha value is -0.650. The molecule has 2 unspecified atom stereocenters. The minimum absolute atomic E-state index is 0.177. The molecule has 1 aliphatic carbocycles. The van der Waals surface area contributed by atoms with Crippen LogP contribution in [0.1, 0.15) is 26.7 Å². The SMILES string of the molecule is CC(CN1CCOCC1)N1C(=O)C2(CC2)NC1C. The van der Waals surface area contributed by atoms with E-state index in [1.54, 1.807) is 0 Å². The van der Waals surface area contributed by atoms with E-state index in [1.165, 1.54) is 0 Å². The Morgan fingerprint density at radius 3 is 2.67 bits per heavy atom. The van der Waals surface area contributed by atoms with Gasteiger partial charge < -0.3 is 9.64 Å². The molecule has 1 saturated carbocycles. The van der Waals surface area contributed by atoms with Gasteiger partial charge >= 0.3 is 0 Å². The Kier molecular flexibility index (Phi) is 3.08. The standard InChI is InChI=1S/C13H23N3O2/c1-10(9-15-5-7-18-8-6-15)16-11(2)14-13(3-4-13)12(16)17/h10-11,14H,3-9H2,1-2H3. The van der Waals surface area contributed by atoms with Crippen LogP contribution in [-0.2, 0) is 9.53 Å². The summed E-state index contributed by atoms with van der Waals surface area (Å²) < 4.78 is 5.36. The highest BCUT2D eigenvalue weighted by Crippen LogP contribution is 2.42. The summed E-state index contributed by atoms with van der Waals surface area (Å²) in [5.74, 6) is 0.316. The van der Waals surface area contributed by atoms with Crippen molar-refractivity contribution in [2.45, 2.75) is 44.4 Å². The molecule has 2 heterocycles. The van der Waals surface area contributed by atoms with Gasteiger partial charge in [-0.1, -0.05) is 0 Å². The van der Waals surface area contributed by atoms with Gasteiger partial charge in [-0.25, -0.2) is 0 Å². The Morgan fingerprint density at radius 2 is 2.11 bits per heavy atom. The molecule has 0 bridgehead atoms. The predicted molar refractivity (Wildman–Crippen MR) is 68.1 cm³/mol. The molecule has 5 nitrogen and oxygen atoms in total. The van der Waals surface area contributed by atoms with Crippen LogP contribution in [-0.4, -0.2) is 66.3 Å². The smallest absolute Gasteiger partial charge is 0.244 e. The summed E-state index contributed by atoms with van der Waals surface area (Å²) in [4.78, 5) is 16.8. The number of carbonyl (C=O) groups excluding carboxylic acids is 1. The lowest BCUT2D eigenvalue weighted by atomic mass is 10.2. The van der Waals surface area contributed by atoms with Crippen LogP contribution in [0.5, 0.6) is 0 Å². The minimum atomic E-state index is -0.182. The Labute approximate surface area is 108 Å². The molecule has 18 heavy (non-hydrogen) atoms. The first-order chi connectivity index (χ1) is 8.62. The number of nitrogens with one attached hydrogen (secondary N) is 1. The van der Waals surface area contributed by atoms with Crippen molar-refractivity contribution in [3.8, 4) is 0 Å². The third kappa shape index (κ3) is 2.04. The molecule has 0 radical (unpaired) electrons. The maximum Gasteiger partial charge on any atom is 0.244 e. The topological polar surface area (TPSA) is 44.8 Å². The molecule has 5 heteroatoms. The molecule has 3 aliphatic rings. The number of morpholine rings is 1. The van der Waals surface area contributed by atoms with Gasteiger partial charge in [0.05, 0.1) is 24.9 Å². The van der Waals surface area contributed by atoms with Gasteiger partial charge in [0.25, 0.3) is 0 Å². The zero-order valence-electron chi connectivity index (χ0n) is 11.3. The predicted octanol–water partition coefficient (Wildman–Crippen LogP) is 0.0175. The van der Waals surface area contributed by atoms with Gasteiger partial charge in [-0.05, 0) is 26.7 Å². The van der Waals surface area contributed by atoms with Crippen LogP contribution in [0.15, 0.2) is 0 Å². The van der Waals surface area contributed by atoms with Gasteiger partial charge in [0.2, 0.25) is 5.91 Å². The molecule has 2 saturated heterocycles. The lowest BCUT2D eigenvalue weighted by molar-refractivity contribution is -0.133. The van der Waals surface area contributed by atoms with Crippen LogP contribution in [0, 0.1) is 0 Å². The molecule has 102 valence electrons. The normalized spacial score (nSPS) is 33.1. The maximum absolute atomic E-state index is 12.4. The number of hydrogen-bond donors (Lipinski definition) is 1. The van der Waals surface area contributed by atoms with Gasteiger partial charge in [-0.15, -0.1) is 0 Å². The summed E-state index contributed by atoms with van der Waals surface area (Å²) in [7, 11) is 0. The molecule has 2 atom stereocenters. The van der Waals surface area contributed by atoms with Crippen LogP contribution in [0.2, 0.25) is 0 Å². The minimum Gasteiger partial charge on any atom is -0.379 e. The van der Waals surface area contributed by atoms with E-state index < -0.39 is 0 Å². The van der Waals surface area contributed by atoms with Gasteiger partial charge in [0.15, 0.2) is 0 Å². The highest BCUT2D eigenvalue weighted by atomic mass is 16.5. The Balaban J connectivity index is 1.61. The van der Waals surface area contributed by atoms with Crippen molar-refractivity contribution in [1.82, 2.24) is 15.1 Å². The second kappa shape index (κ2) is 4.47. The third-order valence-electron chi connectivity index (χ3n) is 4.40. The molecule has 1 spiro atoms. The largest absolute Gasteiger partial charge is 0.379 e. The summed E-state index contributed by atoms with van der Waals surface area (Å²) in [5, 5.41) is 3.46. The van der Waals surface area contributed by atoms with E-state index in [0.29, 0.717) is 5.91 Å². The molecule has 3 fully saturated rings. The first-order valence-electron chi connectivity index (χ1n) is 7.03. The molecule has 2 aliphatic heterocycles. The van der Waals surface area contributed by atoms with E-state index in [1.807, 2.05) is 4.90 Å². The first kappa shape index (κ1) is 12.4. The number of ether oxygens (including phenoxy) is 1. The van der Waals surface area contributed by atoms with Gasteiger partial charge in [0.1, 0.15) is 0 Å². The summed E-state index contributed by atoms with van der Waals surface area (Å²) in [5.41, 5.74) is -0.182. The third-order valence-corrected chi connectivity index (χ3v) is 4.40. The van der Waals surface area contributed by atoms with Gasteiger partial charge in [-0.2, -0.15) is 0 Å². The maximum atomic E-state index is 12.4. The van der Waals surface area contributed by atoms with Crippen molar-refractivity contribution in [2.75, 3.05) is 32.8 Å². The van der Waals surface area contributed by atoms with Crippen LogP contribution in [0.4, 0.5) is 0 Å². The zero-order chi connectivity index (χ0) is 12.8. The molecule has 1 N–H and O–H groups in total. The fourth-order valence-corrected chi connectivity index (χ4v) is 3.26. The van der Waals surface area contributed by atoms with Crippen molar-refractivity contribution >= 4 is 5.91 Å². The monoisotopic (exact) mass is 253 g/mol. The summed E-state index contributed by atoms with van der Waals surface area (Å²) in [6.45, 7) is 8.82. The number of hydrogen-bond acceptors (Lipinski definition) is 4. The quantitative estimate of drug-likeness (QED) is 0.770. The van der Waals surface area contributed by atoms with Crippen molar-refractivity contribution in [2.24, 2.45) is 0 Å². The van der Waals surface area contributed by atoms with Crippen LogP contribution < -0.4 is 5.32 Å². The van der Waals surface area contributed by atoms with E-state index in [-0.39, 0.29) is 17.7 Å². The second-order valence-electron chi connectivity index (χ2n) is 5.88. The highest BCUT2D eigenvalue weighted by molar-refractivity contribution is 5.92. The lowest BCUT2D eigenvalue weighted by Gasteiger charge is -2.34. The van der Waals surface area contributed by atoms with E-state index in [9.17, 15) is 4.79 Å². The number of amides is 1. The fraction of sp³-hybridized carbons (Fsp3) is 0.923. The van der Waals surface area contributed by atoms with Crippen LogP contribution in [0.25, 0.3) is 0 Å². The summed E-state index contributed by atoms with van der Waals surface area (Å²) >= 11 is 0. The molecule has 0 aromatic carbocycles. The van der Waals surface area contributed by atoms with Crippen LogP contribution in [0.3, 0.4) is 0 Å². The molecule has 1 amide bonds. The Morgan fingerprint density at radius 1 is 1.44 bits per heavy atom.